The molecule has 0 heterocycles. The standard InChI is InChI=1S/C12H13N/c13-9-8-12(11-6-7-11)10-4-2-1-3-5-10/h1-5,11-12H,6-8H2. The molecular formula is C12H13N. The first-order chi connectivity index (χ1) is 6.42. The van der Waals surface area contributed by atoms with Gasteiger partial charge in [-0.25, -0.2) is 0 Å². The van der Waals surface area contributed by atoms with E-state index in [-0.39, 0.29) is 0 Å². The highest BCUT2D eigenvalue weighted by Crippen LogP contribution is 2.44. The summed E-state index contributed by atoms with van der Waals surface area (Å²) < 4.78 is 0. The molecule has 0 bridgehead atoms. The van der Waals surface area contributed by atoms with Crippen molar-refractivity contribution in [3.05, 3.63) is 35.9 Å². The fraction of sp³-hybridized carbons (Fsp3) is 0.417. The van der Waals surface area contributed by atoms with Crippen molar-refractivity contribution in [1.29, 1.82) is 5.26 Å². The Balaban J connectivity index is 2.16. The molecule has 1 nitrogen and oxygen atoms in total. The van der Waals surface area contributed by atoms with Crippen molar-refractivity contribution in [2.24, 2.45) is 5.92 Å². The monoisotopic (exact) mass is 171 g/mol. The van der Waals surface area contributed by atoms with Gasteiger partial charge in [-0.15, -0.1) is 0 Å². The van der Waals surface area contributed by atoms with Gasteiger partial charge in [0.05, 0.1) is 6.07 Å². The van der Waals surface area contributed by atoms with E-state index in [1.165, 1.54) is 18.4 Å². The molecule has 0 amide bonds. The van der Waals surface area contributed by atoms with Crippen LogP contribution in [-0.4, -0.2) is 0 Å². The van der Waals surface area contributed by atoms with Gasteiger partial charge in [0.15, 0.2) is 0 Å². The van der Waals surface area contributed by atoms with Crippen molar-refractivity contribution in [3.8, 4) is 6.07 Å². The molecule has 0 saturated heterocycles. The van der Waals surface area contributed by atoms with E-state index in [2.05, 4.69) is 30.3 Å². The van der Waals surface area contributed by atoms with Crippen molar-refractivity contribution < 1.29 is 0 Å². The minimum absolute atomic E-state index is 0.492. The molecule has 1 aliphatic rings. The maximum absolute atomic E-state index is 8.72. The van der Waals surface area contributed by atoms with Crippen LogP contribution in [0.15, 0.2) is 30.3 Å². The zero-order chi connectivity index (χ0) is 9.10. The molecule has 0 aromatic heterocycles. The Morgan fingerprint density at radius 1 is 1.31 bits per heavy atom. The summed E-state index contributed by atoms with van der Waals surface area (Å²) in [4.78, 5) is 0. The molecule has 2 rings (SSSR count). The molecule has 13 heavy (non-hydrogen) atoms. The van der Waals surface area contributed by atoms with Gasteiger partial charge in [-0.3, -0.25) is 0 Å². The van der Waals surface area contributed by atoms with Gasteiger partial charge in [0.25, 0.3) is 0 Å². The van der Waals surface area contributed by atoms with Crippen LogP contribution in [0, 0.1) is 17.2 Å². The lowest BCUT2D eigenvalue weighted by atomic mass is 9.92. The van der Waals surface area contributed by atoms with Gasteiger partial charge >= 0.3 is 0 Å². The number of nitriles is 1. The van der Waals surface area contributed by atoms with Crippen molar-refractivity contribution in [1.82, 2.24) is 0 Å². The van der Waals surface area contributed by atoms with Crippen LogP contribution in [0.5, 0.6) is 0 Å². The van der Waals surface area contributed by atoms with Gasteiger partial charge in [0, 0.05) is 6.42 Å². The van der Waals surface area contributed by atoms with Crippen molar-refractivity contribution >= 4 is 0 Å². The predicted molar refractivity (Wildman–Crippen MR) is 52.1 cm³/mol. The maximum Gasteiger partial charge on any atom is 0.0628 e. The van der Waals surface area contributed by atoms with E-state index in [1.54, 1.807) is 0 Å². The lowest BCUT2D eigenvalue weighted by Crippen LogP contribution is -1.99. The first-order valence-electron chi connectivity index (χ1n) is 4.83. The summed E-state index contributed by atoms with van der Waals surface area (Å²) >= 11 is 0. The Morgan fingerprint density at radius 3 is 2.54 bits per heavy atom. The first kappa shape index (κ1) is 8.31. The third kappa shape index (κ3) is 1.89. The second-order valence-corrected chi connectivity index (χ2v) is 3.72. The lowest BCUT2D eigenvalue weighted by molar-refractivity contribution is 0.619. The quantitative estimate of drug-likeness (QED) is 0.685. The highest BCUT2D eigenvalue weighted by Gasteiger charge is 2.31. The predicted octanol–water partition coefficient (Wildman–Crippen LogP) is 3.09. The van der Waals surface area contributed by atoms with Crippen molar-refractivity contribution in [2.45, 2.75) is 25.2 Å². The summed E-state index contributed by atoms with van der Waals surface area (Å²) in [6, 6.07) is 12.7. The zero-order valence-electron chi connectivity index (χ0n) is 7.61. The minimum Gasteiger partial charge on any atom is -0.198 e. The molecule has 1 saturated carbocycles. The molecular weight excluding hydrogens is 158 g/mol. The second-order valence-electron chi connectivity index (χ2n) is 3.72. The molecule has 0 radical (unpaired) electrons. The van der Waals surface area contributed by atoms with Gasteiger partial charge in [-0.1, -0.05) is 30.3 Å². The molecule has 1 heteroatoms. The molecule has 1 unspecified atom stereocenters. The maximum atomic E-state index is 8.72. The Labute approximate surface area is 79.0 Å². The van der Waals surface area contributed by atoms with E-state index in [0.29, 0.717) is 12.3 Å². The fourth-order valence-corrected chi connectivity index (χ4v) is 1.85. The van der Waals surface area contributed by atoms with Crippen LogP contribution in [0.2, 0.25) is 0 Å². The van der Waals surface area contributed by atoms with E-state index >= 15 is 0 Å². The highest BCUT2D eigenvalue weighted by atomic mass is 14.4. The number of nitrogens with zero attached hydrogens (tertiary/aromatic N) is 1. The van der Waals surface area contributed by atoms with Crippen LogP contribution in [0.3, 0.4) is 0 Å². The van der Waals surface area contributed by atoms with Gasteiger partial charge < -0.3 is 0 Å². The molecule has 66 valence electrons. The van der Waals surface area contributed by atoms with E-state index in [9.17, 15) is 0 Å². The fourth-order valence-electron chi connectivity index (χ4n) is 1.85. The topological polar surface area (TPSA) is 23.8 Å². The molecule has 1 aromatic rings. The molecule has 0 N–H and O–H groups in total. The van der Waals surface area contributed by atoms with E-state index in [0.717, 1.165) is 5.92 Å². The molecule has 0 aliphatic heterocycles. The van der Waals surface area contributed by atoms with Crippen LogP contribution >= 0.6 is 0 Å². The minimum atomic E-state index is 0.492. The molecule has 0 spiro atoms. The Hall–Kier alpha value is -1.29. The molecule has 1 aromatic carbocycles. The SMILES string of the molecule is N#CCC(c1ccccc1)C1CC1. The third-order valence-corrected chi connectivity index (χ3v) is 2.73. The second kappa shape index (κ2) is 3.62. The van der Waals surface area contributed by atoms with E-state index in [4.69, 9.17) is 5.26 Å². The van der Waals surface area contributed by atoms with Crippen LogP contribution < -0.4 is 0 Å². The number of hydrogen-bond donors (Lipinski definition) is 0. The summed E-state index contributed by atoms with van der Waals surface area (Å²) in [7, 11) is 0. The molecule has 1 fully saturated rings. The first-order valence-corrected chi connectivity index (χ1v) is 4.83. The van der Waals surface area contributed by atoms with Crippen molar-refractivity contribution in [2.75, 3.05) is 0 Å². The summed E-state index contributed by atoms with van der Waals surface area (Å²) in [5.74, 6) is 1.27. The Morgan fingerprint density at radius 2 is 2.00 bits per heavy atom. The Kier molecular flexibility index (Phi) is 2.31. The van der Waals surface area contributed by atoms with E-state index in [1.807, 2.05) is 6.07 Å². The summed E-state index contributed by atoms with van der Waals surface area (Å²) in [6.45, 7) is 0. The summed E-state index contributed by atoms with van der Waals surface area (Å²) in [5, 5.41) is 8.72. The van der Waals surface area contributed by atoms with Crippen LogP contribution in [0.1, 0.15) is 30.7 Å². The number of hydrogen-bond acceptors (Lipinski definition) is 1. The van der Waals surface area contributed by atoms with E-state index < -0.39 is 0 Å². The van der Waals surface area contributed by atoms with Crippen LogP contribution in [-0.2, 0) is 0 Å². The zero-order valence-corrected chi connectivity index (χ0v) is 7.61. The normalized spacial score (nSPS) is 17.8. The smallest absolute Gasteiger partial charge is 0.0628 e. The highest BCUT2D eigenvalue weighted by molar-refractivity contribution is 5.22. The number of benzene rings is 1. The van der Waals surface area contributed by atoms with Gasteiger partial charge in [-0.05, 0) is 30.2 Å². The van der Waals surface area contributed by atoms with Gasteiger partial charge in [0.2, 0.25) is 0 Å². The van der Waals surface area contributed by atoms with Gasteiger partial charge in [-0.2, -0.15) is 5.26 Å². The summed E-state index contributed by atoms with van der Waals surface area (Å²) in [5.41, 5.74) is 1.34. The Bertz CT molecular complexity index is 306. The number of rotatable bonds is 3. The molecule has 1 atom stereocenters. The van der Waals surface area contributed by atoms with Crippen molar-refractivity contribution in [3.63, 3.8) is 0 Å². The third-order valence-electron chi connectivity index (χ3n) is 2.73. The average Bonchev–Trinajstić information content (AvgIpc) is 2.99. The van der Waals surface area contributed by atoms with Crippen LogP contribution in [0.25, 0.3) is 0 Å². The lowest BCUT2D eigenvalue weighted by Gasteiger charge is -2.11. The van der Waals surface area contributed by atoms with Gasteiger partial charge in [0.1, 0.15) is 0 Å². The van der Waals surface area contributed by atoms with Crippen LogP contribution in [0.4, 0.5) is 0 Å². The summed E-state index contributed by atoms with van der Waals surface area (Å²) in [6.07, 6.45) is 3.29. The molecule has 1 aliphatic carbocycles. The largest absolute Gasteiger partial charge is 0.198 e. The average molecular weight is 171 g/mol.